The lowest BCUT2D eigenvalue weighted by atomic mass is 10.2. The van der Waals surface area contributed by atoms with Crippen LogP contribution in [0.3, 0.4) is 0 Å². The standard InChI is InChI=1S/C10H14N4/c1-14(5-4-11)8-2-3-9-10(6-8)13-7-12-9/h2-3,6-7H,4-5,11H2,1H3,(H,12,13). The summed E-state index contributed by atoms with van der Waals surface area (Å²) < 4.78 is 0. The summed E-state index contributed by atoms with van der Waals surface area (Å²) in [7, 11) is 2.03. The molecular weight excluding hydrogens is 176 g/mol. The summed E-state index contributed by atoms with van der Waals surface area (Å²) in [5.41, 5.74) is 8.71. The fourth-order valence-electron chi connectivity index (χ4n) is 1.48. The van der Waals surface area contributed by atoms with Crippen LogP contribution in [0.5, 0.6) is 0 Å². The van der Waals surface area contributed by atoms with Gasteiger partial charge in [0.2, 0.25) is 0 Å². The number of nitrogens with one attached hydrogen (secondary N) is 1. The Morgan fingerprint density at radius 2 is 2.36 bits per heavy atom. The third-order valence-corrected chi connectivity index (χ3v) is 2.31. The van der Waals surface area contributed by atoms with Gasteiger partial charge in [0.1, 0.15) is 0 Å². The van der Waals surface area contributed by atoms with Crippen LogP contribution in [0.2, 0.25) is 0 Å². The van der Waals surface area contributed by atoms with Crippen molar-refractivity contribution < 1.29 is 0 Å². The van der Waals surface area contributed by atoms with Gasteiger partial charge in [-0.25, -0.2) is 4.98 Å². The van der Waals surface area contributed by atoms with Crippen LogP contribution in [0.25, 0.3) is 11.0 Å². The summed E-state index contributed by atoms with van der Waals surface area (Å²) in [5.74, 6) is 0. The summed E-state index contributed by atoms with van der Waals surface area (Å²) in [6.45, 7) is 1.52. The van der Waals surface area contributed by atoms with Gasteiger partial charge in [-0.05, 0) is 18.2 Å². The number of anilines is 1. The molecule has 3 N–H and O–H groups in total. The SMILES string of the molecule is CN(CCN)c1ccc2nc[nH]c2c1. The van der Waals surface area contributed by atoms with Crippen molar-refractivity contribution in [1.82, 2.24) is 9.97 Å². The molecule has 0 unspecified atom stereocenters. The Labute approximate surface area is 82.7 Å². The minimum atomic E-state index is 0.664. The molecule has 0 amide bonds. The van der Waals surface area contributed by atoms with Gasteiger partial charge in [-0.1, -0.05) is 0 Å². The summed E-state index contributed by atoms with van der Waals surface area (Å²) in [4.78, 5) is 9.38. The van der Waals surface area contributed by atoms with Crippen molar-refractivity contribution in [1.29, 1.82) is 0 Å². The molecule has 0 saturated carbocycles. The molecule has 4 heteroatoms. The highest BCUT2D eigenvalue weighted by Gasteiger charge is 2.01. The maximum absolute atomic E-state index is 5.50. The van der Waals surface area contributed by atoms with Crippen LogP contribution in [-0.2, 0) is 0 Å². The predicted octanol–water partition coefficient (Wildman–Crippen LogP) is 0.958. The van der Waals surface area contributed by atoms with Crippen LogP contribution in [0.1, 0.15) is 0 Å². The number of aromatic amines is 1. The number of nitrogens with two attached hydrogens (primary N) is 1. The van der Waals surface area contributed by atoms with Crippen molar-refractivity contribution in [2.24, 2.45) is 5.73 Å². The molecule has 0 fully saturated rings. The van der Waals surface area contributed by atoms with Crippen molar-refractivity contribution >= 4 is 16.7 Å². The van der Waals surface area contributed by atoms with E-state index in [2.05, 4.69) is 27.0 Å². The molecule has 1 heterocycles. The maximum Gasteiger partial charge on any atom is 0.0931 e. The molecule has 74 valence electrons. The lowest BCUT2D eigenvalue weighted by Gasteiger charge is -2.17. The van der Waals surface area contributed by atoms with Gasteiger partial charge in [-0.2, -0.15) is 0 Å². The summed E-state index contributed by atoms with van der Waals surface area (Å²) in [5, 5.41) is 0. The highest BCUT2D eigenvalue weighted by Crippen LogP contribution is 2.18. The Bertz CT molecular complexity index is 421. The van der Waals surface area contributed by atoms with Gasteiger partial charge in [-0.3, -0.25) is 0 Å². The van der Waals surface area contributed by atoms with Crippen molar-refractivity contribution in [3.8, 4) is 0 Å². The minimum Gasteiger partial charge on any atom is -0.373 e. The third-order valence-electron chi connectivity index (χ3n) is 2.31. The number of H-pyrrole nitrogens is 1. The van der Waals surface area contributed by atoms with Gasteiger partial charge >= 0.3 is 0 Å². The molecule has 1 aromatic carbocycles. The van der Waals surface area contributed by atoms with Crippen LogP contribution in [0.15, 0.2) is 24.5 Å². The Balaban J connectivity index is 2.33. The van der Waals surface area contributed by atoms with Crippen molar-refractivity contribution in [2.45, 2.75) is 0 Å². The van der Waals surface area contributed by atoms with Crippen molar-refractivity contribution in [3.05, 3.63) is 24.5 Å². The average molecular weight is 190 g/mol. The second-order valence-corrected chi connectivity index (χ2v) is 3.31. The Kier molecular flexibility index (Phi) is 2.37. The normalized spacial score (nSPS) is 10.7. The van der Waals surface area contributed by atoms with E-state index in [0.29, 0.717) is 6.54 Å². The molecule has 0 bridgehead atoms. The Morgan fingerprint density at radius 1 is 1.50 bits per heavy atom. The summed E-state index contributed by atoms with van der Waals surface area (Å²) in [6.07, 6.45) is 1.71. The Hall–Kier alpha value is -1.55. The minimum absolute atomic E-state index is 0.664. The third kappa shape index (κ3) is 1.56. The molecule has 14 heavy (non-hydrogen) atoms. The summed E-state index contributed by atoms with van der Waals surface area (Å²) >= 11 is 0. The van der Waals surface area contributed by atoms with Gasteiger partial charge in [0.25, 0.3) is 0 Å². The summed E-state index contributed by atoms with van der Waals surface area (Å²) in [6, 6.07) is 6.14. The van der Waals surface area contributed by atoms with Crippen LogP contribution < -0.4 is 10.6 Å². The van der Waals surface area contributed by atoms with Crippen LogP contribution in [0.4, 0.5) is 5.69 Å². The molecular formula is C10H14N4. The fraction of sp³-hybridized carbons (Fsp3) is 0.300. The lowest BCUT2D eigenvalue weighted by molar-refractivity contribution is 0.886. The topological polar surface area (TPSA) is 57.9 Å². The van der Waals surface area contributed by atoms with E-state index in [4.69, 9.17) is 5.73 Å². The van der Waals surface area contributed by atoms with Crippen molar-refractivity contribution in [2.75, 3.05) is 25.0 Å². The molecule has 0 saturated heterocycles. The van der Waals surface area contributed by atoms with Gasteiger partial charge in [-0.15, -0.1) is 0 Å². The molecule has 2 aromatic rings. The average Bonchev–Trinajstić information content (AvgIpc) is 2.64. The molecule has 0 aliphatic heterocycles. The molecule has 4 nitrogen and oxygen atoms in total. The quantitative estimate of drug-likeness (QED) is 0.757. The zero-order chi connectivity index (χ0) is 9.97. The number of fused-ring (bicyclic) bond motifs is 1. The highest BCUT2D eigenvalue weighted by atomic mass is 15.1. The second-order valence-electron chi connectivity index (χ2n) is 3.31. The van der Waals surface area contributed by atoms with Crippen LogP contribution in [-0.4, -0.2) is 30.1 Å². The van der Waals surface area contributed by atoms with Gasteiger partial charge in [0.05, 0.1) is 17.4 Å². The van der Waals surface area contributed by atoms with E-state index in [-0.39, 0.29) is 0 Å². The van der Waals surface area contributed by atoms with Gasteiger partial charge in [0.15, 0.2) is 0 Å². The monoisotopic (exact) mass is 190 g/mol. The largest absolute Gasteiger partial charge is 0.373 e. The maximum atomic E-state index is 5.50. The van der Waals surface area contributed by atoms with Crippen LogP contribution in [0, 0.1) is 0 Å². The molecule has 1 aromatic heterocycles. The Morgan fingerprint density at radius 3 is 3.14 bits per heavy atom. The number of aromatic nitrogens is 2. The first-order chi connectivity index (χ1) is 6.81. The number of nitrogens with zero attached hydrogens (tertiary/aromatic N) is 2. The van der Waals surface area contributed by atoms with E-state index in [1.165, 1.54) is 0 Å². The smallest absolute Gasteiger partial charge is 0.0931 e. The van der Waals surface area contributed by atoms with Gasteiger partial charge in [0, 0.05) is 25.8 Å². The number of likely N-dealkylation sites (N-methyl/N-ethyl adjacent to an activating group) is 1. The molecule has 0 atom stereocenters. The number of hydrogen-bond donors (Lipinski definition) is 2. The van der Waals surface area contributed by atoms with E-state index >= 15 is 0 Å². The number of imidazole rings is 1. The first-order valence-electron chi connectivity index (χ1n) is 4.65. The number of rotatable bonds is 3. The number of hydrogen-bond acceptors (Lipinski definition) is 3. The second kappa shape index (κ2) is 3.67. The predicted molar refractivity (Wildman–Crippen MR) is 58.4 cm³/mol. The van der Waals surface area contributed by atoms with E-state index in [0.717, 1.165) is 23.3 Å². The molecule has 0 radical (unpaired) electrons. The van der Waals surface area contributed by atoms with Crippen LogP contribution >= 0.6 is 0 Å². The van der Waals surface area contributed by atoms with Gasteiger partial charge < -0.3 is 15.6 Å². The molecule has 0 spiro atoms. The highest BCUT2D eigenvalue weighted by molar-refractivity contribution is 5.78. The fourth-order valence-corrected chi connectivity index (χ4v) is 1.48. The van der Waals surface area contributed by atoms with Crippen molar-refractivity contribution in [3.63, 3.8) is 0 Å². The zero-order valence-corrected chi connectivity index (χ0v) is 8.20. The van der Waals surface area contributed by atoms with E-state index in [9.17, 15) is 0 Å². The first-order valence-corrected chi connectivity index (χ1v) is 4.65. The zero-order valence-electron chi connectivity index (χ0n) is 8.20. The van der Waals surface area contributed by atoms with E-state index in [1.54, 1.807) is 6.33 Å². The lowest BCUT2D eigenvalue weighted by Crippen LogP contribution is -2.24. The van der Waals surface area contributed by atoms with E-state index < -0.39 is 0 Å². The van der Waals surface area contributed by atoms with E-state index in [1.807, 2.05) is 13.1 Å². The first kappa shape index (κ1) is 9.02. The molecule has 0 aliphatic rings. The number of benzene rings is 1. The molecule has 2 rings (SSSR count). The molecule has 0 aliphatic carbocycles.